The molecule has 1 aromatic heterocycles. The SMILES string of the molecule is Cc1onc(C(=O)O)c1-c1ccc2c(c1)OCCO2. The summed E-state index contributed by atoms with van der Waals surface area (Å²) in [6, 6.07) is 5.25. The van der Waals surface area contributed by atoms with Gasteiger partial charge in [-0.05, 0) is 24.6 Å². The number of hydrogen-bond acceptors (Lipinski definition) is 5. The third kappa shape index (κ3) is 1.91. The molecular weight excluding hydrogens is 250 g/mol. The molecule has 0 fully saturated rings. The highest BCUT2D eigenvalue weighted by atomic mass is 16.6. The highest BCUT2D eigenvalue weighted by molar-refractivity contribution is 5.94. The van der Waals surface area contributed by atoms with Gasteiger partial charge in [-0.3, -0.25) is 0 Å². The molecule has 6 heteroatoms. The van der Waals surface area contributed by atoms with E-state index in [0.29, 0.717) is 41.6 Å². The summed E-state index contributed by atoms with van der Waals surface area (Å²) in [6.07, 6.45) is 0. The zero-order valence-electron chi connectivity index (χ0n) is 10.2. The molecule has 0 saturated carbocycles. The molecule has 1 aromatic carbocycles. The summed E-state index contributed by atoms with van der Waals surface area (Å²) in [5.74, 6) is 0.581. The number of benzene rings is 1. The van der Waals surface area contributed by atoms with Crippen LogP contribution in [0.25, 0.3) is 11.1 Å². The number of nitrogens with zero attached hydrogens (tertiary/aromatic N) is 1. The summed E-state index contributed by atoms with van der Waals surface area (Å²) < 4.78 is 15.9. The van der Waals surface area contributed by atoms with Gasteiger partial charge in [0, 0.05) is 0 Å². The van der Waals surface area contributed by atoms with Crippen LogP contribution in [-0.2, 0) is 0 Å². The third-order valence-electron chi connectivity index (χ3n) is 2.90. The lowest BCUT2D eigenvalue weighted by Gasteiger charge is -2.18. The van der Waals surface area contributed by atoms with Gasteiger partial charge in [0.05, 0.1) is 5.56 Å². The first-order valence-electron chi connectivity index (χ1n) is 5.76. The predicted molar refractivity (Wildman–Crippen MR) is 64.6 cm³/mol. The minimum absolute atomic E-state index is 0.103. The molecule has 19 heavy (non-hydrogen) atoms. The molecule has 1 aliphatic heterocycles. The molecule has 0 amide bonds. The highest BCUT2D eigenvalue weighted by Crippen LogP contribution is 2.36. The lowest BCUT2D eigenvalue weighted by Crippen LogP contribution is -2.15. The highest BCUT2D eigenvalue weighted by Gasteiger charge is 2.22. The molecule has 0 saturated heterocycles. The molecule has 0 bridgehead atoms. The van der Waals surface area contributed by atoms with Gasteiger partial charge in [0.15, 0.2) is 17.2 Å². The minimum atomic E-state index is -1.12. The van der Waals surface area contributed by atoms with Gasteiger partial charge in [0.1, 0.15) is 19.0 Å². The predicted octanol–water partition coefficient (Wildman–Crippen LogP) is 2.12. The average molecular weight is 261 g/mol. The van der Waals surface area contributed by atoms with Crippen molar-refractivity contribution in [2.75, 3.05) is 13.2 Å². The van der Waals surface area contributed by atoms with Crippen molar-refractivity contribution in [1.29, 1.82) is 0 Å². The molecule has 0 unspecified atom stereocenters. The third-order valence-corrected chi connectivity index (χ3v) is 2.90. The number of carbonyl (C=O) groups is 1. The Balaban J connectivity index is 2.12. The summed E-state index contributed by atoms with van der Waals surface area (Å²) in [6.45, 7) is 2.66. The summed E-state index contributed by atoms with van der Waals surface area (Å²) in [4.78, 5) is 11.1. The summed E-state index contributed by atoms with van der Waals surface area (Å²) >= 11 is 0. The lowest BCUT2D eigenvalue weighted by molar-refractivity contribution is 0.0686. The lowest BCUT2D eigenvalue weighted by atomic mass is 10.0. The van der Waals surface area contributed by atoms with Gasteiger partial charge < -0.3 is 19.1 Å². The van der Waals surface area contributed by atoms with Crippen molar-refractivity contribution in [3.05, 3.63) is 29.7 Å². The first kappa shape index (κ1) is 11.6. The van der Waals surface area contributed by atoms with E-state index >= 15 is 0 Å². The number of aromatic carboxylic acids is 1. The average Bonchev–Trinajstić information content (AvgIpc) is 2.80. The monoisotopic (exact) mass is 261 g/mol. The second-order valence-corrected chi connectivity index (χ2v) is 4.13. The molecular formula is C13H11NO5. The molecule has 0 spiro atoms. The quantitative estimate of drug-likeness (QED) is 0.891. The Bertz CT molecular complexity index is 646. The Labute approximate surface area is 108 Å². The molecule has 0 radical (unpaired) electrons. The number of carboxylic acids is 1. The van der Waals surface area contributed by atoms with E-state index < -0.39 is 5.97 Å². The van der Waals surface area contributed by atoms with Crippen LogP contribution in [0.1, 0.15) is 16.2 Å². The molecule has 2 heterocycles. The van der Waals surface area contributed by atoms with Gasteiger partial charge in [0.25, 0.3) is 0 Å². The Morgan fingerprint density at radius 3 is 2.74 bits per heavy atom. The minimum Gasteiger partial charge on any atom is -0.486 e. The van der Waals surface area contributed by atoms with Crippen LogP contribution in [-0.4, -0.2) is 29.4 Å². The molecule has 2 aromatic rings. The Morgan fingerprint density at radius 2 is 2.00 bits per heavy atom. The van der Waals surface area contributed by atoms with Crippen LogP contribution in [0.4, 0.5) is 0 Å². The van der Waals surface area contributed by atoms with E-state index in [9.17, 15) is 4.79 Å². The maximum Gasteiger partial charge on any atom is 0.358 e. The maximum absolute atomic E-state index is 11.1. The van der Waals surface area contributed by atoms with Crippen LogP contribution in [0.3, 0.4) is 0 Å². The van der Waals surface area contributed by atoms with E-state index in [0.717, 1.165) is 0 Å². The summed E-state index contributed by atoms with van der Waals surface area (Å²) in [5, 5.41) is 12.7. The van der Waals surface area contributed by atoms with Gasteiger partial charge in [0.2, 0.25) is 0 Å². The Kier molecular flexibility index (Phi) is 2.63. The van der Waals surface area contributed by atoms with Crippen molar-refractivity contribution in [2.24, 2.45) is 0 Å². The van der Waals surface area contributed by atoms with E-state index in [-0.39, 0.29) is 5.69 Å². The molecule has 6 nitrogen and oxygen atoms in total. The fourth-order valence-corrected chi connectivity index (χ4v) is 2.06. The fraction of sp³-hybridized carbons (Fsp3) is 0.231. The van der Waals surface area contributed by atoms with E-state index in [1.807, 2.05) is 0 Å². The van der Waals surface area contributed by atoms with Gasteiger partial charge >= 0.3 is 5.97 Å². The molecule has 98 valence electrons. The Hall–Kier alpha value is -2.50. The van der Waals surface area contributed by atoms with E-state index in [1.165, 1.54) is 0 Å². The van der Waals surface area contributed by atoms with Crippen LogP contribution in [0.15, 0.2) is 22.7 Å². The largest absolute Gasteiger partial charge is 0.486 e. The van der Waals surface area contributed by atoms with Crippen molar-refractivity contribution in [2.45, 2.75) is 6.92 Å². The number of fused-ring (bicyclic) bond motifs is 1. The second kappa shape index (κ2) is 4.31. The number of aromatic nitrogens is 1. The van der Waals surface area contributed by atoms with Crippen molar-refractivity contribution in [3.63, 3.8) is 0 Å². The number of rotatable bonds is 2. The van der Waals surface area contributed by atoms with Crippen molar-refractivity contribution in [1.82, 2.24) is 5.16 Å². The maximum atomic E-state index is 11.1. The standard InChI is InChI=1S/C13H11NO5/c1-7-11(12(13(15)16)14-19-7)8-2-3-9-10(6-8)18-5-4-17-9/h2-3,6H,4-5H2,1H3,(H,15,16). The van der Waals surface area contributed by atoms with Crippen LogP contribution in [0.2, 0.25) is 0 Å². The molecule has 0 aliphatic carbocycles. The van der Waals surface area contributed by atoms with Crippen LogP contribution < -0.4 is 9.47 Å². The van der Waals surface area contributed by atoms with Crippen LogP contribution >= 0.6 is 0 Å². The number of carboxylic acid groups (broad SMARTS) is 1. The second-order valence-electron chi connectivity index (χ2n) is 4.13. The van der Waals surface area contributed by atoms with Gasteiger partial charge in [-0.25, -0.2) is 4.79 Å². The number of aryl methyl sites for hydroxylation is 1. The van der Waals surface area contributed by atoms with Gasteiger partial charge in [-0.1, -0.05) is 11.2 Å². The molecule has 1 N–H and O–H groups in total. The van der Waals surface area contributed by atoms with Crippen LogP contribution in [0.5, 0.6) is 11.5 Å². The van der Waals surface area contributed by atoms with E-state index in [4.69, 9.17) is 19.1 Å². The van der Waals surface area contributed by atoms with Crippen LogP contribution in [0, 0.1) is 6.92 Å². The molecule has 0 atom stereocenters. The number of ether oxygens (including phenoxy) is 2. The first-order valence-corrected chi connectivity index (χ1v) is 5.76. The van der Waals surface area contributed by atoms with Crippen molar-refractivity contribution >= 4 is 5.97 Å². The van der Waals surface area contributed by atoms with E-state index in [2.05, 4.69) is 5.16 Å². The van der Waals surface area contributed by atoms with Gasteiger partial charge in [-0.15, -0.1) is 0 Å². The first-order chi connectivity index (χ1) is 9.16. The Morgan fingerprint density at radius 1 is 1.26 bits per heavy atom. The van der Waals surface area contributed by atoms with Crippen molar-refractivity contribution < 1.29 is 23.9 Å². The number of hydrogen-bond donors (Lipinski definition) is 1. The summed E-state index contributed by atoms with van der Waals surface area (Å²) in [5.41, 5.74) is 1.04. The zero-order valence-corrected chi connectivity index (χ0v) is 10.2. The summed E-state index contributed by atoms with van der Waals surface area (Å²) in [7, 11) is 0. The normalized spacial score (nSPS) is 13.3. The van der Waals surface area contributed by atoms with E-state index in [1.54, 1.807) is 25.1 Å². The van der Waals surface area contributed by atoms with Gasteiger partial charge in [-0.2, -0.15) is 0 Å². The smallest absolute Gasteiger partial charge is 0.358 e. The molecule has 1 aliphatic rings. The van der Waals surface area contributed by atoms with Crippen molar-refractivity contribution in [3.8, 4) is 22.6 Å². The fourth-order valence-electron chi connectivity index (χ4n) is 2.06. The topological polar surface area (TPSA) is 81.8 Å². The zero-order chi connectivity index (χ0) is 13.4. The molecule has 3 rings (SSSR count).